The number of rotatable bonds is 2. The zero-order chi connectivity index (χ0) is 21.5. The van der Waals surface area contributed by atoms with Crippen molar-refractivity contribution in [1.82, 2.24) is 14.7 Å². The number of alkyl halides is 3. The number of hydrogen-bond acceptors (Lipinski definition) is 5. The van der Waals surface area contributed by atoms with E-state index in [1.165, 1.54) is 27.8 Å². The number of halogens is 3. The summed E-state index contributed by atoms with van der Waals surface area (Å²) >= 11 is 0. The van der Waals surface area contributed by atoms with E-state index in [-0.39, 0.29) is 11.4 Å². The van der Waals surface area contributed by atoms with E-state index in [1.807, 2.05) is 0 Å². The van der Waals surface area contributed by atoms with Gasteiger partial charge in [0.2, 0.25) is 5.43 Å². The molecule has 1 aromatic heterocycles. The summed E-state index contributed by atoms with van der Waals surface area (Å²) in [6, 6.07) is 5.77. The fourth-order valence-electron chi connectivity index (χ4n) is 3.76. The van der Waals surface area contributed by atoms with Gasteiger partial charge in [0.1, 0.15) is 0 Å². The van der Waals surface area contributed by atoms with Crippen LogP contribution >= 0.6 is 0 Å². The lowest BCUT2D eigenvalue weighted by molar-refractivity contribution is -0.181. The van der Waals surface area contributed by atoms with E-state index in [2.05, 4.69) is 5.10 Å². The van der Waals surface area contributed by atoms with Crippen LogP contribution in [0.4, 0.5) is 13.2 Å². The van der Waals surface area contributed by atoms with Crippen LogP contribution < -0.4 is 5.43 Å². The molecule has 0 N–H and O–H groups in total. The van der Waals surface area contributed by atoms with Crippen LogP contribution in [0.15, 0.2) is 35.1 Å². The average Bonchev–Trinajstić information content (AvgIpc) is 3.15. The van der Waals surface area contributed by atoms with Crippen molar-refractivity contribution in [1.29, 1.82) is 0 Å². The lowest BCUT2D eigenvalue weighted by Crippen LogP contribution is -2.48. The molecule has 0 unspecified atom stereocenters. The molecule has 0 aliphatic carbocycles. The SMILES string of the molecule is Cc1cc(=O)c(C(=O)N2CCC3(CC2)OCCO3)nn1-c1cccc(C(F)(F)F)c1. The molecule has 2 fully saturated rings. The van der Waals surface area contributed by atoms with Crippen molar-refractivity contribution in [3.63, 3.8) is 0 Å². The number of piperidine rings is 1. The molecule has 0 atom stereocenters. The first-order chi connectivity index (χ1) is 14.2. The van der Waals surface area contributed by atoms with Gasteiger partial charge in [0.15, 0.2) is 11.5 Å². The minimum absolute atomic E-state index is 0.113. The van der Waals surface area contributed by atoms with Gasteiger partial charge in [0.05, 0.1) is 24.5 Å². The molecule has 3 heterocycles. The monoisotopic (exact) mass is 423 g/mol. The maximum atomic E-state index is 13.1. The van der Waals surface area contributed by atoms with Crippen LogP contribution in [-0.4, -0.2) is 52.7 Å². The van der Waals surface area contributed by atoms with Crippen molar-refractivity contribution in [2.24, 2.45) is 0 Å². The Hall–Kier alpha value is -2.72. The molecule has 2 aromatic rings. The second kappa shape index (κ2) is 7.51. The molecule has 4 rings (SSSR count). The third kappa shape index (κ3) is 3.84. The van der Waals surface area contributed by atoms with Crippen molar-refractivity contribution in [3.8, 4) is 5.69 Å². The van der Waals surface area contributed by atoms with Gasteiger partial charge in [-0.25, -0.2) is 4.68 Å². The summed E-state index contributed by atoms with van der Waals surface area (Å²) in [5.41, 5.74) is -1.31. The van der Waals surface area contributed by atoms with Crippen LogP contribution in [0, 0.1) is 6.92 Å². The van der Waals surface area contributed by atoms with E-state index >= 15 is 0 Å². The number of benzene rings is 1. The number of likely N-dealkylation sites (tertiary alicyclic amines) is 1. The average molecular weight is 423 g/mol. The third-order valence-electron chi connectivity index (χ3n) is 5.35. The zero-order valence-corrected chi connectivity index (χ0v) is 16.2. The Morgan fingerprint density at radius 1 is 1.13 bits per heavy atom. The van der Waals surface area contributed by atoms with Gasteiger partial charge in [-0.3, -0.25) is 9.59 Å². The first-order valence-electron chi connectivity index (χ1n) is 9.54. The van der Waals surface area contributed by atoms with Crippen LogP contribution in [0.25, 0.3) is 5.69 Å². The summed E-state index contributed by atoms with van der Waals surface area (Å²) < 4.78 is 51.6. The number of carbonyl (C=O) groups is 1. The van der Waals surface area contributed by atoms with Crippen molar-refractivity contribution < 1.29 is 27.4 Å². The molecule has 0 saturated carbocycles. The van der Waals surface area contributed by atoms with Gasteiger partial charge in [-0.2, -0.15) is 18.3 Å². The van der Waals surface area contributed by atoms with Crippen molar-refractivity contribution in [2.45, 2.75) is 31.7 Å². The fraction of sp³-hybridized carbons (Fsp3) is 0.450. The second-order valence-electron chi connectivity index (χ2n) is 7.36. The Morgan fingerprint density at radius 3 is 2.43 bits per heavy atom. The van der Waals surface area contributed by atoms with Crippen molar-refractivity contribution in [3.05, 3.63) is 57.5 Å². The molecule has 2 aliphatic heterocycles. The molecule has 1 aromatic carbocycles. The topological polar surface area (TPSA) is 73.7 Å². The van der Waals surface area contributed by atoms with Crippen LogP contribution in [0.5, 0.6) is 0 Å². The number of aryl methyl sites for hydroxylation is 1. The van der Waals surface area contributed by atoms with Crippen molar-refractivity contribution >= 4 is 5.91 Å². The quantitative estimate of drug-likeness (QED) is 0.742. The van der Waals surface area contributed by atoms with Crippen LogP contribution in [0.1, 0.15) is 34.6 Å². The predicted molar refractivity (Wildman–Crippen MR) is 99.3 cm³/mol. The maximum absolute atomic E-state index is 13.1. The summed E-state index contributed by atoms with van der Waals surface area (Å²) in [7, 11) is 0. The number of nitrogens with zero attached hydrogens (tertiary/aromatic N) is 3. The fourth-order valence-corrected chi connectivity index (χ4v) is 3.76. The highest BCUT2D eigenvalue weighted by molar-refractivity contribution is 5.92. The molecule has 1 amide bonds. The van der Waals surface area contributed by atoms with Crippen LogP contribution in [0.2, 0.25) is 0 Å². The molecule has 30 heavy (non-hydrogen) atoms. The normalized spacial score (nSPS) is 18.7. The van der Waals surface area contributed by atoms with E-state index < -0.39 is 28.9 Å². The smallest absolute Gasteiger partial charge is 0.347 e. The van der Waals surface area contributed by atoms with Gasteiger partial charge < -0.3 is 14.4 Å². The molecule has 2 saturated heterocycles. The summed E-state index contributed by atoms with van der Waals surface area (Å²) in [5.74, 6) is -1.23. The highest BCUT2D eigenvalue weighted by Crippen LogP contribution is 2.32. The number of hydrogen-bond donors (Lipinski definition) is 0. The van der Waals surface area contributed by atoms with E-state index in [0.717, 1.165) is 12.1 Å². The Balaban J connectivity index is 1.62. The van der Waals surface area contributed by atoms with Gasteiger partial charge >= 0.3 is 6.18 Å². The molecule has 7 nitrogen and oxygen atoms in total. The minimum Gasteiger partial charge on any atom is -0.347 e. The second-order valence-corrected chi connectivity index (χ2v) is 7.36. The molecule has 1 spiro atoms. The summed E-state index contributed by atoms with van der Waals surface area (Å²) in [6.45, 7) is 3.22. The van der Waals surface area contributed by atoms with Crippen LogP contribution in [-0.2, 0) is 15.7 Å². The zero-order valence-electron chi connectivity index (χ0n) is 16.2. The molecule has 0 radical (unpaired) electrons. The van der Waals surface area contributed by atoms with Gasteiger partial charge in [-0.15, -0.1) is 0 Å². The molecule has 2 aliphatic rings. The maximum Gasteiger partial charge on any atom is 0.416 e. The molecule has 10 heteroatoms. The molecular weight excluding hydrogens is 403 g/mol. The summed E-state index contributed by atoms with van der Waals surface area (Å²) in [5, 5.41) is 4.11. The highest BCUT2D eigenvalue weighted by atomic mass is 19.4. The van der Waals surface area contributed by atoms with E-state index in [0.29, 0.717) is 44.8 Å². The van der Waals surface area contributed by atoms with Gasteiger partial charge in [0.25, 0.3) is 5.91 Å². The minimum atomic E-state index is -4.52. The highest BCUT2D eigenvalue weighted by Gasteiger charge is 2.41. The van der Waals surface area contributed by atoms with Gasteiger partial charge in [-0.1, -0.05) is 6.07 Å². The first kappa shape index (κ1) is 20.5. The third-order valence-corrected chi connectivity index (χ3v) is 5.35. The predicted octanol–water partition coefficient (Wildman–Crippen LogP) is 2.54. The van der Waals surface area contributed by atoms with Gasteiger partial charge in [0, 0.05) is 37.7 Å². The van der Waals surface area contributed by atoms with E-state index in [4.69, 9.17) is 9.47 Å². The van der Waals surface area contributed by atoms with E-state index in [1.54, 1.807) is 6.92 Å². The van der Waals surface area contributed by atoms with E-state index in [9.17, 15) is 22.8 Å². The molecular formula is C20H20F3N3O4. The standard InChI is InChI=1S/C20H20F3N3O4/c1-13-11-16(27)17(18(28)25-7-5-19(6-8-25)29-9-10-30-19)24-26(13)15-4-2-3-14(12-15)20(21,22)23/h2-4,11-12H,5-10H2,1H3. The number of aromatic nitrogens is 2. The Labute approximate surface area is 170 Å². The molecule has 0 bridgehead atoms. The first-order valence-corrected chi connectivity index (χ1v) is 9.54. The van der Waals surface area contributed by atoms with Gasteiger partial charge in [-0.05, 0) is 25.1 Å². The Morgan fingerprint density at radius 2 is 1.80 bits per heavy atom. The summed E-state index contributed by atoms with van der Waals surface area (Å²) in [4.78, 5) is 26.9. The lowest BCUT2D eigenvalue weighted by atomic mass is 10.0. The van der Waals surface area contributed by atoms with Crippen molar-refractivity contribution in [2.75, 3.05) is 26.3 Å². The lowest BCUT2D eigenvalue weighted by Gasteiger charge is -2.37. The number of ether oxygens (including phenoxy) is 2. The Kier molecular flexibility index (Phi) is 5.15. The largest absolute Gasteiger partial charge is 0.416 e. The number of amides is 1. The van der Waals surface area contributed by atoms with Crippen LogP contribution in [0.3, 0.4) is 0 Å². The molecule has 160 valence electrons. The summed E-state index contributed by atoms with van der Waals surface area (Å²) in [6.07, 6.45) is -3.56. The number of carbonyl (C=O) groups excluding carboxylic acids is 1. The Bertz CT molecular complexity index is 1020.